The lowest BCUT2D eigenvalue weighted by molar-refractivity contribution is -0.125. The minimum atomic E-state index is -0.0285. The summed E-state index contributed by atoms with van der Waals surface area (Å²) in [6.45, 7) is 7.71. The van der Waals surface area contributed by atoms with E-state index in [4.69, 9.17) is 5.73 Å². The molecule has 1 rings (SSSR count). The van der Waals surface area contributed by atoms with E-state index in [1.165, 1.54) is 12.8 Å². The molecule has 3 heteroatoms. The predicted octanol–water partition coefficient (Wildman–Crippen LogP) is 1.91. The standard InChI is InChI=1S/C13H26N2O/c1-13(2,3)8-11(9-14)12(16)15-7-6-10-4-5-10/h10-11H,4-9,14H2,1-3H3,(H,15,16). The number of nitrogens with one attached hydrogen (secondary N) is 1. The van der Waals surface area contributed by atoms with Crippen molar-refractivity contribution in [2.24, 2.45) is 23.0 Å². The number of carbonyl (C=O) groups is 1. The Morgan fingerprint density at radius 2 is 2.06 bits per heavy atom. The van der Waals surface area contributed by atoms with Crippen molar-refractivity contribution in [2.45, 2.75) is 46.5 Å². The van der Waals surface area contributed by atoms with E-state index in [0.29, 0.717) is 6.54 Å². The zero-order chi connectivity index (χ0) is 12.2. The van der Waals surface area contributed by atoms with E-state index in [9.17, 15) is 4.79 Å². The highest BCUT2D eigenvalue weighted by Gasteiger charge is 2.24. The van der Waals surface area contributed by atoms with Gasteiger partial charge < -0.3 is 11.1 Å². The Morgan fingerprint density at radius 3 is 2.50 bits per heavy atom. The third-order valence-electron chi connectivity index (χ3n) is 3.06. The number of hydrogen-bond donors (Lipinski definition) is 2. The lowest BCUT2D eigenvalue weighted by Gasteiger charge is -2.24. The average molecular weight is 226 g/mol. The summed E-state index contributed by atoms with van der Waals surface area (Å²) in [6.07, 6.45) is 4.69. The molecule has 0 aromatic carbocycles. The van der Waals surface area contributed by atoms with Crippen LogP contribution in [0.15, 0.2) is 0 Å². The van der Waals surface area contributed by atoms with E-state index in [1.54, 1.807) is 0 Å². The Hall–Kier alpha value is -0.570. The maximum absolute atomic E-state index is 11.9. The van der Waals surface area contributed by atoms with Crippen LogP contribution in [0.2, 0.25) is 0 Å². The molecule has 0 aliphatic heterocycles. The number of carbonyl (C=O) groups excluding carboxylic acids is 1. The molecule has 94 valence electrons. The summed E-state index contributed by atoms with van der Waals surface area (Å²) < 4.78 is 0. The normalized spacial score (nSPS) is 18.2. The molecule has 1 fully saturated rings. The maximum Gasteiger partial charge on any atom is 0.224 e. The highest BCUT2D eigenvalue weighted by molar-refractivity contribution is 5.78. The molecule has 0 bridgehead atoms. The van der Waals surface area contributed by atoms with Crippen LogP contribution in [0.1, 0.15) is 46.5 Å². The molecule has 1 unspecified atom stereocenters. The van der Waals surface area contributed by atoms with Gasteiger partial charge in [-0.3, -0.25) is 4.79 Å². The SMILES string of the molecule is CC(C)(C)CC(CN)C(=O)NCCC1CC1. The largest absolute Gasteiger partial charge is 0.356 e. The van der Waals surface area contributed by atoms with Gasteiger partial charge >= 0.3 is 0 Å². The molecule has 3 nitrogen and oxygen atoms in total. The average Bonchev–Trinajstić information content (AvgIpc) is 2.96. The lowest BCUT2D eigenvalue weighted by atomic mass is 9.84. The van der Waals surface area contributed by atoms with Gasteiger partial charge in [0.15, 0.2) is 0 Å². The molecule has 0 heterocycles. The van der Waals surface area contributed by atoms with Crippen molar-refractivity contribution in [1.29, 1.82) is 0 Å². The highest BCUT2D eigenvalue weighted by atomic mass is 16.1. The highest BCUT2D eigenvalue weighted by Crippen LogP contribution is 2.31. The minimum absolute atomic E-state index is 0.0285. The van der Waals surface area contributed by atoms with Gasteiger partial charge in [0.2, 0.25) is 5.91 Å². The van der Waals surface area contributed by atoms with Crippen LogP contribution >= 0.6 is 0 Å². The van der Waals surface area contributed by atoms with Gasteiger partial charge in [0.05, 0.1) is 5.92 Å². The second-order valence-corrected chi connectivity index (χ2v) is 6.22. The summed E-state index contributed by atoms with van der Waals surface area (Å²) >= 11 is 0. The van der Waals surface area contributed by atoms with Gasteiger partial charge in [0.25, 0.3) is 0 Å². The van der Waals surface area contributed by atoms with Crippen LogP contribution in [0.5, 0.6) is 0 Å². The molecule has 1 amide bonds. The lowest BCUT2D eigenvalue weighted by Crippen LogP contribution is -2.37. The van der Waals surface area contributed by atoms with Crippen molar-refractivity contribution < 1.29 is 4.79 Å². The van der Waals surface area contributed by atoms with Gasteiger partial charge in [-0.25, -0.2) is 0 Å². The second-order valence-electron chi connectivity index (χ2n) is 6.22. The smallest absolute Gasteiger partial charge is 0.224 e. The van der Waals surface area contributed by atoms with Gasteiger partial charge in [0, 0.05) is 13.1 Å². The fourth-order valence-electron chi connectivity index (χ4n) is 1.97. The quantitative estimate of drug-likeness (QED) is 0.727. The zero-order valence-corrected chi connectivity index (χ0v) is 10.9. The van der Waals surface area contributed by atoms with Gasteiger partial charge in [-0.1, -0.05) is 33.6 Å². The summed E-state index contributed by atoms with van der Waals surface area (Å²) in [7, 11) is 0. The van der Waals surface area contributed by atoms with Gasteiger partial charge in [0.1, 0.15) is 0 Å². The molecule has 1 atom stereocenters. The number of rotatable bonds is 6. The second kappa shape index (κ2) is 5.67. The molecule has 16 heavy (non-hydrogen) atoms. The molecular weight excluding hydrogens is 200 g/mol. The monoisotopic (exact) mass is 226 g/mol. The Balaban J connectivity index is 2.24. The third kappa shape index (κ3) is 5.50. The minimum Gasteiger partial charge on any atom is -0.356 e. The van der Waals surface area contributed by atoms with Crippen LogP contribution < -0.4 is 11.1 Å². The molecule has 0 aromatic rings. The summed E-state index contributed by atoms with van der Waals surface area (Å²) in [4.78, 5) is 11.9. The van der Waals surface area contributed by atoms with Crippen LogP contribution in [-0.4, -0.2) is 19.0 Å². The molecule has 3 N–H and O–H groups in total. The number of amides is 1. The van der Waals surface area contributed by atoms with Crippen LogP contribution in [0.3, 0.4) is 0 Å². The van der Waals surface area contributed by atoms with Crippen molar-refractivity contribution >= 4 is 5.91 Å². The van der Waals surface area contributed by atoms with Gasteiger partial charge in [-0.2, -0.15) is 0 Å². The Labute approximate surface area is 99.2 Å². The van der Waals surface area contributed by atoms with Crippen molar-refractivity contribution in [2.75, 3.05) is 13.1 Å². The van der Waals surface area contributed by atoms with E-state index < -0.39 is 0 Å². The molecule has 1 aliphatic carbocycles. The van der Waals surface area contributed by atoms with E-state index in [2.05, 4.69) is 26.1 Å². The Bertz CT molecular complexity index is 229. The van der Waals surface area contributed by atoms with Gasteiger partial charge in [-0.05, 0) is 24.2 Å². The zero-order valence-electron chi connectivity index (χ0n) is 10.9. The summed E-state index contributed by atoms with van der Waals surface area (Å²) in [5, 5.41) is 3.01. The molecule has 1 aliphatic rings. The third-order valence-corrected chi connectivity index (χ3v) is 3.06. The number of hydrogen-bond acceptors (Lipinski definition) is 2. The van der Waals surface area contributed by atoms with Crippen molar-refractivity contribution in [3.8, 4) is 0 Å². The first-order valence-electron chi connectivity index (χ1n) is 6.40. The fraction of sp³-hybridized carbons (Fsp3) is 0.923. The topological polar surface area (TPSA) is 55.1 Å². The molecule has 0 saturated heterocycles. The summed E-state index contributed by atoms with van der Waals surface area (Å²) in [5.41, 5.74) is 5.83. The predicted molar refractivity (Wildman–Crippen MR) is 67.0 cm³/mol. The van der Waals surface area contributed by atoms with E-state index >= 15 is 0 Å². The van der Waals surface area contributed by atoms with Crippen LogP contribution in [0.4, 0.5) is 0 Å². The fourth-order valence-corrected chi connectivity index (χ4v) is 1.97. The molecule has 0 spiro atoms. The number of nitrogens with two attached hydrogens (primary N) is 1. The van der Waals surface area contributed by atoms with Crippen LogP contribution in [0.25, 0.3) is 0 Å². The van der Waals surface area contributed by atoms with Gasteiger partial charge in [-0.15, -0.1) is 0 Å². The first-order chi connectivity index (χ1) is 7.42. The first-order valence-corrected chi connectivity index (χ1v) is 6.40. The molecular formula is C13H26N2O. The van der Waals surface area contributed by atoms with Crippen LogP contribution in [-0.2, 0) is 4.79 Å². The van der Waals surface area contributed by atoms with Crippen molar-refractivity contribution in [3.63, 3.8) is 0 Å². The molecule has 0 radical (unpaired) electrons. The van der Waals surface area contributed by atoms with E-state index in [0.717, 1.165) is 25.3 Å². The van der Waals surface area contributed by atoms with Crippen molar-refractivity contribution in [1.82, 2.24) is 5.32 Å². The summed E-state index contributed by atoms with van der Waals surface area (Å²) in [5.74, 6) is 0.983. The van der Waals surface area contributed by atoms with Crippen LogP contribution in [0, 0.1) is 17.3 Å². The maximum atomic E-state index is 11.9. The van der Waals surface area contributed by atoms with Crippen molar-refractivity contribution in [3.05, 3.63) is 0 Å². The Kier molecular flexibility index (Phi) is 4.78. The molecule has 1 saturated carbocycles. The molecule has 0 aromatic heterocycles. The summed E-state index contributed by atoms with van der Waals surface area (Å²) in [6, 6.07) is 0. The first kappa shape index (κ1) is 13.5. The van der Waals surface area contributed by atoms with E-state index in [1.807, 2.05) is 0 Å². The van der Waals surface area contributed by atoms with E-state index in [-0.39, 0.29) is 17.2 Å². The Morgan fingerprint density at radius 1 is 1.44 bits per heavy atom.